The van der Waals surface area contributed by atoms with E-state index in [0.29, 0.717) is 24.7 Å². The Kier molecular flexibility index (Phi) is 5.16. The van der Waals surface area contributed by atoms with Crippen LogP contribution in [0.1, 0.15) is 70.3 Å². The Morgan fingerprint density at radius 3 is 2.33 bits per heavy atom. The van der Waals surface area contributed by atoms with Crippen LogP contribution in [0.25, 0.3) is 0 Å². The van der Waals surface area contributed by atoms with Crippen LogP contribution in [-0.2, 0) is 14.9 Å². The molecular weight excluding hydrogens is 421 g/mol. The van der Waals surface area contributed by atoms with Gasteiger partial charge in [0.15, 0.2) is 0 Å². The van der Waals surface area contributed by atoms with Gasteiger partial charge in [-0.2, -0.15) is 0 Å². The van der Waals surface area contributed by atoms with Crippen molar-refractivity contribution < 1.29 is 18.7 Å². The van der Waals surface area contributed by atoms with Crippen molar-refractivity contribution in [3.8, 4) is 0 Å². The number of halogens is 1. The van der Waals surface area contributed by atoms with Crippen LogP contribution >= 0.6 is 0 Å². The summed E-state index contributed by atoms with van der Waals surface area (Å²) in [6.45, 7) is 4.17. The van der Waals surface area contributed by atoms with Crippen LogP contribution in [0.5, 0.6) is 0 Å². The van der Waals surface area contributed by atoms with Crippen LogP contribution in [-0.4, -0.2) is 65.7 Å². The standard InChI is InChI=1S/C26H34FN3O3/c1-17(31)29-16-26(23-13-18(27)5-8-24(23)29)9-11-28(12-10-26)21-14-19-6-7-20(15-21)30(19)25(32)33-22-3-2-4-22/h5,8,13,19-22H,2-4,6-7,9-12,14-16H2,1H3. The molecule has 5 aliphatic rings. The minimum absolute atomic E-state index is 0.0277. The third-order valence-electron chi connectivity index (χ3n) is 9.17. The largest absolute Gasteiger partial charge is 0.446 e. The Morgan fingerprint density at radius 2 is 1.73 bits per heavy atom. The fourth-order valence-corrected chi connectivity index (χ4v) is 7.10. The minimum atomic E-state index is -0.223. The second kappa shape index (κ2) is 7.97. The van der Waals surface area contributed by atoms with Crippen molar-refractivity contribution in [1.82, 2.24) is 9.80 Å². The van der Waals surface area contributed by atoms with Gasteiger partial charge in [0, 0.05) is 42.7 Å². The highest BCUT2D eigenvalue weighted by atomic mass is 19.1. The number of ether oxygens (including phenoxy) is 1. The molecule has 4 fully saturated rings. The molecule has 1 aromatic rings. The van der Waals surface area contributed by atoms with Gasteiger partial charge in [0.1, 0.15) is 11.9 Å². The smallest absolute Gasteiger partial charge is 0.410 e. The van der Waals surface area contributed by atoms with Crippen molar-refractivity contribution in [1.29, 1.82) is 0 Å². The molecule has 0 N–H and O–H groups in total. The van der Waals surface area contributed by atoms with E-state index in [1.54, 1.807) is 19.1 Å². The first-order valence-electron chi connectivity index (χ1n) is 12.7. The predicted molar refractivity (Wildman–Crippen MR) is 123 cm³/mol. The molecule has 178 valence electrons. The number of anilines is 1. The molecular formula is C26H34FN3O3. The summed E-state index contributed by atoms with van der Waals surface area (Å²) < 4.78 is 19.9. The molecule has 7 heteroatoms. The lowest BCUT2D eigenvalue weighted by atomic mass is 9.73. The van der Waals surface area contributed by atoms with Crippen molar-refractivity contribution in [3.05, 3.63) is 29.6 Å². The number of piperidine rings is 2. The molecule has 0 radical (unpaired) electrons. The third kappa shape index (κ3) is 3.54. The van der Waals surface area contributed by atoms with Crippen molar-refractivity contribution in [3.63, 3.8) is 0 Å². The summed E-state index contributed by atoms with van der Waals surface area (Å²) in [5, 5.41) is 0. The van der Waals surface area contributed by atoms with Gasteiger partial charge >= 0.3 is 6.09 Å². The number of amides is 2. The van der Waals surface area contributed by atoms with E-state index in [4.69, 9.17) is 4.74 Å². The zero-order valence-electron chi connectivity index (χ0n) is 19.5. The monoisotopic (exact) mass is 455 g/mol. The first-order valence-corrected chi connectivity index (χ1v) is 12.7. The highest BCUT2D eigenvalue weighted by Gasteiger charge is 2.50. The highest BCUT2D eigenvalue weighted by Crippen LogP contribution is 2.48. The van der Waals surface area contributed by atoms with Crippen molar-refractivity contribution >= 4 is 17.7 Å². The van der Waals surface area contributed by atoms with Gasteiger partial charge in [0.2, 0.25) is 5.91 Å². The molecule has 1 spiro atoms. The number of hydrogen-bond donors (Lipinski definition) is 0. The average molecular weight is 456 g/mol. The summed E-state index contributed by atoms with van der Waals surface area (Å²) in [5.41, 5.74) is 1.74. The lowest BCUT2D eigenvalue weighted by Gasteiger charge is -2.47. The summed E-state index contributed by atoms with van der Waals surface area (Å²) in [4.78, 5) is 31.5. The normalized spacial score (nSPS) is 30.9. The summed E-state index contributed by atoms with van der Waals surface area (Å²) in [7, 11) is 0. The maximum atomic E-state index is 14.1. The van der Waals surface area contributed by atoms with Crippen LogP contribution in [0.3, 0.4) is 0 Å². The number of likely N-dealkylation sites (tertiary alicyclic amines) is 1. The fourth-order valence-electron chi connectivity index (χ4n) is 7.10. The predicted octanol–water partition coefficient (Wildman–Crippen LogP) is 4.21. The molecule has 2 unspecified atom stereocenters. The fraction of sp³-hybridized carbons (Fsp3) is 0.692. The van der Waals surface area contributed by atoms with Crippen LogP contribution in [0.4, 0.5) is 14.9 Å². The van der Waals surface area contributed by atoms with E-state index in [1.165, 1.54) is 12.5 Å². The Balaban J connectivity index is 1.12. The maximum Gasteiger partial charge on any atom is 0.410 e. The van der Waals surface area contributed by atoms with E-state index in [2.05, 4.69) is 9.80 Å². The number of carbonyl (C=O) groups excluding carboxylic acids is 2. The molecule has 3 saturated heterocycles. The van der Waals surface area contributed by atoms with Crippen LogP contribution in [0.15, 0.2) is 18.2 Å². The molecule has 6 nitrogen and oxygen atoms in total. The summed E-state index contributed by atoms with van der Waals surface area (Å²) in [6, 6.07) is 5.97. The molecule has 33 heavy (non-hydrogen) atoms. The summed E-state index contributed by atoms with van der Waals surface area (Å²) in [5.74, 6) is -0.196. The van der Waals surface area contributed by atoms with Crippen molar-refractivity contribution in [2.45, 2.75) is 94.4 Å². The summed E-state index contributed by atoms with van der Waals surface area (Å²) in [6.07, 6.45) is 9.34. The Hall–Kier alpha value is -2.15. The van der Waals surface area contributed by atoms with Crippen molar-refractivity contribution in [2.75, 3.05) is 24.5 Å². The van der Waals surface area contributed by atoms with Crippen molar-refractivity contribution in [2.24, 2.45) is 0 Å². The topological polar surface area (TPSA) is 53.1 Å². The molecule has 2 bridgehead atoms. The molecule has 4 heterocycles. The van der Waals surface area contributed by atoms with Gasteiger partial charge in [0.05, 0.1) is 0 Å². The third-order valence-corrected chi connectivity index (χ3v) is 9.17. The van der Waals surface area contributed by atoms with Gasteiger partial charge in [0.25, 0.3) is 0 Å². The SMILES string of the molecule is CC(=O)N1CC2(CCN(C3CC4CCC(C3)N4C(=O)OC3CCC3)CC2)c2cc(F)ccc21. The van der Waals surface area contributed by atoms with Gasteiger partial charge < -0.3 is 19.4 Å². The maximum absolute atomic E-state index is 14.1. The first-order chi connectivity index (χ1) is 15.9. The summed E-state index contributed by atoms with van der Waals surface area (Å²) >= 11 is 0. The van der Waals surface area contributed by atoms with Crippen LogP contribution in [0.2, 0.25) is 0 Å². The molecule has 2 amide bonds. The zero-order chi connectivity index (χ0) is 22.7. The van der Waals surface area contributed by atoms with Gasteiger partial charge in [-0.25, -0.2) is 9.18 Å². The second-order valence-electron chi connectivity index (χ2n) is 10.9. The van der Waals surface area contributed by atoms with Gasteiger partial charge in [-0.05, 0) is 94.6 Å². The van der Waals surface area contributed by atoms with E-state index in [9.17, 15) is 14.0 Å². The number of hydrogen-bond acceptors (Lipinski definition) is 4. The van der Waals surface area contributed by atoms with E-state index >= 15 is 0 Å². The number of benzene rings is 1. The van der Waals surface area contributed by atoms with Gasteiger partial charge in [-0.15, -0.1) is 0 Å². The van der Waals surface area contributed by atoms with E-state index in [1.807, 2.05) is 4.90 Å². The molecule has 1 aliphatic carbocycles. The zero-order valence-corrected chi connectivity index (χ0v) is 19.5. The first kappa shape index (κ1) is 21.4. The molecule has 0 aromatic heterocycles. The Labute approximate surface area is 195 Å². The number of fused-ring (bicyclic) bond motifs is 4. The molecule has 6 rings (SSSR count). The molecule has 4 aliphatic heterocycles. The quantitative estimate of drug-likeness (QED) is 0.670. The van der Waals surface area contributed by atoms with Gasteiger partial charge in [-0.1, -0.05) is 0 Å². The Bertz CT molecular complexity index is 942. The second-order valence-corrected chi connectivity index (χ2v) is 10.9. The lowest BCUT2D eigenvalue weighted by molar-refractivity contribution is -0.116. The van der Waals surface area contributed by atoms with Crippen LogP contribution < -0.4 is 4.90 Å². The number of rotatable bonds is 2. The molecule has 1 aromatic carbocycles. The minimum Gasteiger partial charge on any atom is -0.446 e. The highest BCUT2D eigenvalue weighted by molar-refractivity contribution is 5.94. The van der Waals surface area contributed by atoms with E-state index in [0.717, 1.165) is 75.7 Å². The van der Waals surface area contributed by atoms with Gasteiger partial charge in [-0.3, -0.25) is 4.79 Å². The lowest BCUT2D eigenvalue weighted by Crippen LogP contribution is -2.56. The molecule has 2 atom stereocenters. The van der Waals surface area contributed by atoms with E-state index < -0.39 is 0 Å². The Morgan fingerprint density at radius 1 is 1.03 bits per heavy atom. The van der Waals surface area contributed by atoms with Crippen LogP contribution in [0, 0.1) is 5.82 Å². The number of nitrogens with zero attached hydrogens (tertiary/aromatic N) is 3. The van der Waals surface area contributed by atoms with E-state index in [-0.39, 0.29) is 29.3 Å². The molecule has 1 saturated carbocycles. The average Bonchev–Trinajstić information content (AvgIpc) is 3.22. The number of carbonyl (C=O) groups is 2.